The van der Waals surface area contributed by atoms with E-state index >= 15 is 0 Å². The van der Waals surface area contributed by atoms with Crippen molar-refractivity contribution >= 4 is 11.5 Å². The summed E-state index contributed by atoms with van der Waals surface area (Å²) in [7, 11) is 0. The highest BCUT2D eigenvalue weighted by atomic mass is 16.3. The van der Waals surface area contributed by atoms with Crippen LogP contribution in [0.5, 0.6) is 0 Å². The molecule has 54 valence electrons. The fourth-order valence-electron chi connectivity index (χ4n) is 1.56. The Morgan fingerprint density at radius 1 is 1.60 bits per heavy atom. The Kier molecular flexibility index (Phi) is 1.14. The zero-order valence-electron chi connectivity index (χ0n) is 5.91. The second kappa shape index (κ2) is 1.89. The lowest BCUT2D eigenvalue weighted by Gasteiger charge is -1.96. The molecule has 0 radical (unpaired) electrons. The average Bonchev–Trinajstić information content (AvgIpc) is 2.21. The quantitative estimate of drug-likeness (QED) is 0.517. The standard InChI is InChI=1S/C7H10N2O/c1-4-8-6-2-5(10)3-7(6)9-4/h5-6,10H,2-3H2,1H3. The molecule has 0 aromatic carbocycles. The molecule has 1 aliphatic carbocycles. The van der Waals surface area contributed by atoms with Gasteiger partial charge in [0.15, 0.2) is 0 Å². The molecule has 2 rings (SSSR count). The summed E-state index contributed by atoms with van der Waals surface area (Å²) in [5.41, 5.74) is 1.07. The van der Waals surface area contributed by atoms with Crippen molar-refractivity contribution in [3.05, 3.63) is 0 Å². The van der Waals surface area contributed by atoms with Crippen LogP contribution in [0.15, 0.2) is 9.98 Å². The van der Waals surface area contributed by atoms with Crippen molar-refractivity contribution in [2.45, 2.75) is 31.9 Å². The molecule has 1 saturated carbocycles. The Labute approximate surface area is 59.5 Å². The van der Waals surface area contributed by atoms with E-state index in [0.29, 0.717) is 0 Å². The van der Waals surface area contributed by atoms with Gasteiger partial charge in [0.2, 0.25) is 0 Å². The number of aliphatic hydroxyl groups is 1. The molecular formula is C7H10N2O. The van der Waals surface area contributed by atoms with Crippen LogP contribution in [0, 0.1) is 0 Å². The first-order chi connectivity index (χ1) is 4.75. The lowest BCUT2D eigenvalue weighted by molar-refractivity contribution is 0.185. The zero-order valence-corrected chi connectivity index (χ0v) is 5.91. The molecule has 2 aliphatic rings. The highest BCUT2D eigenvalue weighted by Crippen LogP contribution is 2.23. The van der Waals surface area contributed by atoms with Crippen molar-refractivity contribution in [3.8, 4) is 0 Å². The highest BCUT2D eigenvalue weighted by molar-refractivity contribution is 6.06. The summed E-state index contributed by atoms with van der Waals surface area (Å²) in [6.07, 6.45) is 1.31. The van der Waals surface area contributed by atoms with Crippen molar-refractivity contribution in [1.82, 2.24) is 0 Å². The molecular weight excluding hydrogens is 128 g/mol. The monoisotopic (exact) mass is 138 g/mol. The van der Waals surface area contributed by atoms with E-state index in [9.17, 15) is 5.11 Å². The van der Waals surface area contributed by atoms with E-state index in [4.69, 9.17) is 0 Å². The molecule has 0 aromatic heterocycles. The van der Waals surface area contributed by atoms with E-state index in [-0.39, 0.29) is 12.1 Å². The van der Waals surface area contributed by atoms with E-state index in [1.165, 1.54) is 0 Å². The molecule has 2 atom stereocenters. The van der Waals surface area contributed by atoms with Gasteiger partial charge in [-0.1, -0.05) is 0 Å². The Morgan fingerprint density at radius 3 is 3.10 bits per heavy atom. The van der Waals surface area contributed by atoms with Crippen molar-refractivity contribution in [2.24, 2.45) is 9.98 Å². The smallest absolute Gasteiger partial charge is 0.120 e. The van der Waals surface area contributed by atoms with E-state index in [2.05, 4.69) is 9.98 Å². The maximum absolute atomic E-state index is 9.17. The SMILES string of the molecule is CC1=NC2CC(O)CC2=N1. The van der Waals surface area contributed by atoms with Crippen LogP contribution in [0.3, 0.4) is 0 Å². The van der Waals surface area contributed by atoms with Crippen LogP contribution >= 0.6 is 0 Å². The molecule has 0 spiro atoms. The highest BCUT2D eigenvalue weighted by Gasteiger charge is 2.31. The fourth-order valence-corrected chi connectivity index (χ4v) is 1.56. The molecule has 1 N–H and O–H groups in total. The Morgan fingerprint density at radius 2 is 2.40 bits per heavy atom. The number of fused-ring (bicyclic) bond motifs is 1. The minimum Gasteiger partial charge on any atom is -0.393 e. The fraction of sp³-hybridized carbons (Fsp3) is 0.714. The van der Waals surface area contributed by atoms with Gasteiger partial charge in [-0.15, -0.1) is 0 Å². The van der Waals surface area contributed by atoms with Gasteiger partial charge in [-0.05, 0) is 6.92 Å². The summed E-state index contributed by atoms with van der Waals surface area (Å²) in [6, 6.07) is 0.218. The first kappa shape index (κ1) is 6.04. The van der Waals surface area contributed by atoms with Gasteiger partial charge in [0, 0.05) is 18.6 Å². The lowest BCUT2D eigenvalue weighted by Crippen LogP contribution is -2.04. The van der Waals surface area contributed by atoms with Crippen molar-refractivity contribution in [1.29, 1.82) is 0 Å². The van der Waals surface area contributed by atoms with E-state index in [0.717, 1.165) is 24.4 Å². The van der Waals surface area contributed by atoms with Gasteiger partial charge in [0.1, 0.15) is 5.84 Å². The van der Waals surface area contributed by atoms with Crippen LogP contribution in [0.4, 0.5) is 0 Å². The largest absolute Gasteiger partial charge is 0.393 e. The van der Waals surface area contributed by atoms with Gasteiger partial charge in [-0.3, -0.25) is 4.99 Å². The first-order valence-electron chi connectivity index (χ1n) is 3.55. The predicted octanol–water partition coefficient (Wildman–Crippen LogP) is 0.383. The van der Waals surface area contributed by atoms with E-state index < -0.39 is 0 Å². The van der Waals surface area contributed by atoms with E-state index in [1.807, 2.05) is 6.92 Å². The molecule has 0 amide bonds. The van der Waals surface area contributed by atoms with Crippen LogP contribution in [-0.4, -0.2) is 28.8 Å². The third-order valence-corrected chi connectivity index (χ3v) is 1.97. The molecule has 0 aromatic rings. The molecule has 1 fully saturated rings. The number of rotatable bonds is 0. The number of aliphatic hydroxyl groups excluding tert-OH is 1. The van der Waals surface area contributed by atoms with Crippen LogP contribution in [0.2, 0.25) is 0 Å². The summed E-state index contributed by atoms with van der Waals surface area (Å²) < 4.78 is 0. The Balaban J connectivity index is 2.22. The van der Waals surface area contributed by atoms with E-state index in [1.54, 1.807) is 0 Å². The summed E-state index contributed by atoms with van der Waals surface area (Å²) in [4.78, 5) is 8.46. The average molecular weight is 138 g/mol. The predicted molar refractivity (Wildman–Crippen MR) is 39.6 cm³/mol. The Hall–Kier alpha value is -0.700. The Bertz CT molecular complexity index is 220. The molecule has 2 unspecified atom stereocenters. The second-order valence-corrected chi connectivity index (χ2v) is 2.89. The van der Waals surface area contributed by atoms with Crippen LogP contribution in [0.1, 0.15) is 19.8 Å². The number of hydrogen-bond donors (Lipinski definition) is 1. The minimum atomic E-state index is -0.194. The number of aliphatic imine (C=N–C) groups is 2. The van der Waals surface area contributed by atoms with Gasteiger partial charge in [-0.2, -0.15) is 0 Å². The topological polar surface area (TPSA) is 45.0 Å². The van der Waals surface area contributed by atoms with Crippen molar-refractivity contribution < 1.29 is 5.11 Å². The summed E-state index contributed by atoms with van der Waals surface area (Å²) in [5, 5.41) is 9.17. The molecule has 1 heterocycles. The zero-order chi connectivity index (χ0) is 7.14. The van der Waals surface area contributed by atoms with Gasteiger partial charge < -0.3 is 5.11 Å². The third-order valence-electron chi connectivity index (χ3n) is 1.97. The van der Waals surface area contributed by atoms with Gasteiger partial charge in [0.05, 0.1) is 12.1 Å². The van der Waals surface area contributed by atoms with Crippen LogP contribution in [-0.2, 0) is 0 Å². The number of hydrogen-bond acceptors (Lipinski definition) is 3. The van der Waals surface area contributed by atoms with Crippen LogP contribution < -0.4 is 0 Å². The number of nitrogens with zero attached hydrogens (tertiary/aromatic N) is 2. The van der Waals surface area contributed by atoms with Gasteiger partial charge in [-0.25, -0.2) is 4.99 Å². The normalized spacial score (nSPS) is 37.4. The van der Waals surface area contributed by atoms with Crippen molar-refractivity contribution in [2.75, 3.05) is 0 Å². The first-order valence-corrected chi connectivity index (χ1v) is 3.55. The van der Waals surface area contributed by atoms with Crippen molar-refractivity contribution in [3.63, 3.8) is 0 Å². The molecule has 3 nitrogen and oxygen atoms in total. The lowest BCUT2D eigenvalue weighted by atomic mass is 10.2. The molecule has 0 bridgehead atoms. The summed E-state index contributed by atoms with van der Waals surface area (Å²) in [6.45, 7) is 1.90. The molecule has 1 aliphatic heterocycles. The maximum Gasteiger partial charge on any atom is 0.120 e. The minimum absolute atomic E-state index is 0.194. The number of amidine groups is 1. The summed E-state index contributed by atoms with van der Waals surface area (Å²) in [5.74, 6) is 0.868. The van der Waals surface area contributed by atoms with Gasteiger partial charge in [0.25, 0.3) is 0 Å². The van der Waals surface area contributed by atoms with Crippen LogP contribution in [0.25, 0.3) is 0 Å². The second-order valence-electron chi connectivity index (χ2n) is 2.89. The molecule has 10 heavy (non-hydrogen) atoms. The molecule has 3 heteroatoms. The maximum atomic E-state index is 9.17. The van der Waals surface area contributed by atoms with Gasteiger partial charge >= 0.3 is 0 Å². The summed E-state index contributed by atoms with van der Waals surface area (Å²) >= 11 is 0. The third kappa shape index (κ3) is 0.778. The molecule has 0 saturated heterocycles.